The second kappa shape index (κ2) is 10.8. The highest BCUT2D eigenvalue weighted by molar-refractivity contribution is 7.84. The summed E-state index contributed by atoms with van der Waals surface area (Å²) in [5.74, 6) is 2.83. The number of guanidine groups is 1. The maximum absolute atomic E-state index is 12.3. The molecule has 1 aromatic heterocycles. The van der Waals surface area contributed by atoms with Crippen LogP contribution in [0.4, 0.5) is 5.95 Å². The molecule has 2 aromatic rings. The van der Waals surface area contributed by atoms with E-state index in [9.17, 15) is 4.21 Å². The van der Waals surface area contributed by atoms with Crippen LogP contribution in [0.2, 0.25) is 0 Å². The molecule has 1 fully saturated rings. The van der Waals surface area contributed by atoms with Crippen molar-refractivity contribution in [3.8, 4) is 0 Å². The van der Waals surface area contributed by atoms with Gasteiger partial charge in [-0.3, -0.25) is 9.20 Å². The van der Waals surface area contributed by atoms with Gasteiger partial charge < -0.3 is 15.1 Å². The Hall–Kier alpha value is -2.48. The Balaban J connectivity index is 1.49. The average Bonchev–Trinajstić information content (AvgIpc) is 2.75. The lowest BCUT2D eigenvalue weighted by atomic mass is 10.2. The largest absolute Gasteiger partial charge is 0.357 e. The third-order valence-electron chi connectivity index (χ3n) is 4.50. The third-order valence-corrected chi connectivity index (χ3v) is 5.79. The first-order chi connectivity index (χ1) is 13.8. The predicted octanol–water partition coefficient (Wildman–Crippen LogP) is 1.51. The number of nitrogens with one attached hydrogen (secondary N) is 1. The highest BCUT2D eigenvalue weighted by Gasteiger charge is 2.21. The quantitative estimate of drug-likeness (QED) is 0.561. The minimum atomic E-state index is -0.905. The molecule has 150 valence electrons. The van der Waals surface area contributed by atoms with Gasteiger partial charge in [0.15, 0.2) is 5.96 Å². The number of piperazine rings is 1. The zero-order valence-corrected chi connectivity index (χ0v) is 17.1. The van der Waals surface area contributed by atoms with Crippen LogP contribution in [0, 0.1) is 0 Å². The molecule has 0 spiro atoms. The molecule has 3 rings (SSSR count). The highest BCUT2D eigenvalue weighted by Crippen LogP contribution is 2.10. The van der Waals surface area contributed by atoms with Crippen LogP contribution >= 0.6 is 0 Å². The van der Waals surface area contributed by atoms with E-state index in [0.29, 0.717) is 18.1 Å². The van der Waals surface area contributed by atoms with E-state index in [1.807, 2.05) is 36.4 Å². The van der Waals surface area contributed by atoms with Crippen molar-refractivity contribution in [2.24, 2.45) is 4.99 Å². The van der Waals surface area contributed by atoms with Gasteiger partial charge in [-0.15, -0.1) is 0 Å². The number of hydrogen-bond acceptors (Lipinski definition) is 5. The zero-order valence-electron chi connectivity index (χ0n) is 16.3. The maximum atomic E-state index is 12.3. The molecule has 8 heteroatoms. The fraction of sp³-hybridized carbons (Fsp3) is 0.450. The Kier molecular flexibility index (Phi) is 7.78. The molecule has 1 aromatic carbocycles. The molecule has 7 nitrogen and oxygen atoms in total. The minimum absolute atomic E-state index is 0.559. The van der Waals surface area contributed by atoms with E-state index in [1.54, 1.807) is 12.4 Å². The standard InChI is InChI=1S/C20H28N6OS/c1-2-21-19(24-11-16-28(27)17-18-7-4-3-5-8-18)25-12-14-26(15-13-25)20-22-9-6-10-23-20/h3-10H,2,11-17H2,1H3,(H,21,24). The van der Waals surface area contributed by atoms with Crippen molar-refractivity contribution < 1.29 is 4.21 Å². The lowest BCUT2D eigenvalue weighted by Crippen LogP contribution is -2.53. The fourth-order valence-electron chi connectivity index (χ4n) is 3.08. The maximum Gasteiger partial charge on any atom is 0.225 e. The predicted molar refractivity (Wildman–Crippen MR) is 115 cm³/mol. The van der Waals surface area contributed by atoms with Crippen molar-refractivity contribution in [2.75, 3.05) is 49.9 Å². The second-order valence-corrected chi connectivity index (χ2v) is 8.11. The minimum Gasteiger partial charge on any atom is -0.357 e. The Labute approximate surface area is 169 Å². The normalized spacial score (nSPS) is 16.1. The molecule has 2 heterocycles. The first-order valence-electron chi connectivity index (χ1n) is 9.70. The van der Waals surface area contributed by atoms with Crippen molar-refractivity contribution in [1.29, 1.82) is 0 Å². The Bertz CT molecular complexity index is 763. The van der Waals surface area contributed by atoms with E-state index >= 15 is 0 Å². The number of nitrogens with zero attached hydrogens (tertiary/aromatic N) is 5. The molecule has 1 saturated heterocycles. The third kappa shape index (κ3) is 6.02. The number of rotatable bonds is 7. The van der Waals surface area contributed by atoms with Crippen molar-refractivity contribution in [1.82, 2.24) is 20.2 Å². The van der Waals surface area contributed by atoms with Crippen LogP contribution in [0.1, 0.15) is 12.5 Å². The van der Waals surface area contributed by atoms with Crippen LogP contribution in [0.3, 0.4) is 0 Å². The van der Waals surface area contributed by atoms with Gasteiger partial charge in [0.05, 0.1) is 6.54 Å². The zero-order chi connectivity index (χ0) is 19.6. The average molecular weight is 401 g/mol. The summed E-state index contributed by atoms with van der Waals surface area (Å²) < 4.78 is 12.3. The molecule has 0 aliphatic carbocycles. The monoisotopic (exact) mass is 400 g/mol. The topological polar surface area (TPSA) is 73.7 Å². The van der Waals surface area contributed by atoms with E-state index < -0.39 is 10.8 Å². The van der Waals surface area contributed by atoms with Crippen molar-refractivity contribution in [3.05, 3.63) is 54.4 Å². The number of aliphatic imine (C=N–C) groups is 1. The summed E-state index contributed by atoms with van der Waals surface area (Å²) in [5.41, 5.74) is 1.11. The van der Waals surface area contributed by atoms with Crippen LogP contribution in [0.25, 0.3) is 0 Å². The molecule has 0 radical (unpaired) electrons. The van der Waals surface area contributed by atoms with Crippen LogP contribution in [-0.4, -0.2) is 70.1 Å². The van der Waals surface area contributed by atoms with Gasteiger partial charge in [-0.05, 0) is 18.6 Å². The van der Waals surface area contributed by atoms with Crippen LogP contribution in [0.5, 0.6) is 0 Å². The van der Waals surface area contributed by atoms with Crippen molar-refractivity contribution in [2.45, 2.75) is 12.7 Å². The lowest BCUT2D eigenvalue weighted by Gasteiger charge is -2.36. The molecule has 1 atom stereocenters. The van der Waals surface area contributed by atoms with E-state index in [4.69, 9.17) is 4.99 Å². The summed E-state index contributed by atoms with van der Waals surface area (Å²) in [7, 11) is -0.905. The Morgan fingerprint density at radius 3 is 2.50 bits per heavy atom. The van der Waals surface area contributed by atoms with Crippen LogP contribution in [-0.2, 0) is 16.6 Å². The van der Waals surface area contributed by atoms with Gasteiger partial charge in [-0.25, -0.2) is 9.97 Å². The van der Waals surface area contributed by atoms with E-state index in [2.05, 4.69) is 32.0 Å². The van der Waals surface area contributed by atoms with Crippen LogP contribution < -0.4 is 10.2 Å². The highest BCUT2D eigenvalue weighted by atomic mass is 32.2. The van der Waals surface area contributed by atoms with Crippen molar-refractivity contribution in [3.63, 3.8) is 0 Å². The Morgan fingerprint density at radius 2 is 1.82 bits per heavy atom. The number of aromatic nitrogens is 2. The van der Waals surface area contributed by atoms with Gasteiger partial charge >= 0.3 is 0 Å². The summed E-state index contributed by atoms with van der Waals surface area (Å²) in [6, 6.07) is 11.8. The number of hydrogen-bond donors (Lipinski definition) is 1. The molecule has 1 aliphatic heterocycles. The molecule has 28 heavy (non-hydrogen) atoms. The van der Waals surface area contributed by atoms with Gasteiger partial charge in [0.2, 0.25) is 5.95 Å². The summed E-state index contributed by atoms with van der Waals surface area (Å²) >= 11 is 0. The summed E-state index contributed by atoms with van der Waals surface area (Å²) in [4.78, 5) is 17.8. The first-order valence-corrected chi connectivity index (χ1v) is 11.2. The lowest BCUT2D eigenvalue weighted by molar-refractivity contribution is 0.370. The molecular weight excluding hydrogens is 372 g/mol. The van der Waals surface area contributed by atoms with Gasteiger partial charge in [-0.2, -0.15) is 0 Å². The van der Waals surface area contributed by atoms with E-state index in [0.717, 1.165) is 50.2 Å². The molecule has 1 unspecified atom stereocenters. The fourth-order valence-corrected chi connectivity index (χ4v) is 4.09. The summed E-state index contributed by atoms with van der Waals surface area (Å²) in [5, 5.41) is 3.36. The second-order valence-electron chi connectivity index (χ2n) is 6.53. The molecule has 0 saturated carbocycles. The number of anilines is 1. The number of benzene rings is 1. The smallest absolute Gasteiger partial charge is 0.225 e. The summed E-state index contributed by atoms with van der Waals surface area (Å²) in [6.07, 6.45) is 3.55. The molecular formula is C20H28N6OS. The first kappa shape index (κ1) is 20.3. The SMILES string of the molecule is CCNC(=NCCS(=O)Cc1ccccc1)N1CCN(c2ncccn2)CC1. The Morgan fingerprint density at radius 1 is 1.11 bits per heavy atom. The van der Waals surface area contributed by atoms with Gasteiger partial charge in [0, 0.05) is 67.4 Å². The van der Waals surface area contributed by atoms with Crippen molar-refractivity contribution >= 4 is 22.7 Å². The molecule has 1 aliphatic rings. The van der Waals surface area contributed by atoms with E-state index in [1.165, 1.54) is 0 Å². The van der Waals surface area contributed by atoms with Gasteiger partial charge in [0.1, 0.15) is 0 Å². The van der Waals surface area contributed by atoms with Crippen LogP contribution in [0.15, 0.2) is 53.8 Å². The molecule has 1 N–H and O–H groups in total. The van der Waals surface area contributed by atoms with Gasteiger partial charge in [-0.1, -0.05) is 30.3 Å². The molecule has 0 amide bonds. The summed E-state index contributed by atoms with van der Waals surface area (Å²) in [6.45, 7) is 6.87. The van der Waals surface area contributed by atoms with E-state index in [-0.39, 0.29) is 0 Å². The van der Waals surface area contributed by atoms with Gasteiger partial charge in [0.25, 0.3) is 0 Å². The molecule has 0 bridgehead atoms.